The van der Waals surface area contributed by atoms with Crippen LogP contribution in [0.25, 0.3) is 11.1 Å². The average Bonchev–Trinajstić information content (AvgIpc) is 3.01. The van der Waals surface area contributed by atoms with Crippen LogP contribution in [0, 0.1) is 6.92 Å². The Hall–Kier alpha value is -2.59. The molecular weight excluding hydrogens is 360 g/mol. The molecule has 2 aromatic carbocycles. The largest absolute Gasteiger partial charge is 0.407 e. The summed E-state index contributed by atoms with van der Waals surface area (Å²) >= 11 is 6.31. The molecule has 3 aromatic rings. The van der Waals surface area contributed by atoms with Crippen molar-refractivity contribution in [1.82, 2.24) is 9.78 Å². The lowest BCUT2D eigenvalue weighted by molar-refractivity contribution is -0.132. The second kappa shape index (κ2) is 7.97. The predicted octanol–water partition coefficient (Wildman–Crippen LogP) is 5.61. The topological polar surface area (TPSA) is 44.1 Å². The number of ether oxygens (including phenoxy) is 1. The molecule has 0 aliphatic carbocycles. The van der Waals surface area contributed by atoms with Crippen LogP contribution in [0.3, 0.4) is 0 Å². The standard InChI is InChI=1S/C22H23ClN2O2/c1-5-20-21(17-9-7-6-8-10-17)22(27-16(4)26)25(24-20)15(3)18-12-11-14(2)19(23)13-18/h6-13,15H,5H2,1-4H3. The highest BCUT2D eigenvalue weighted by Crippen LogP contribution is 2.37. The Morgan fingerprint density at radius 3 is 2.52 bits per heavy atom. The van der Waals surface area contributed by atoms with E-state index in [1.54, 1.807) is 4.68 Å². The van der Waals surface area contributed by atoms with E-state index >= 15 is 0 Å². The molecule has 0 radical (unpaired) electrons. The van der Waals surface area contributed by atoms with Crippen LogP contribution in [-0.4, -0.2) is 15.7 Å². The average molecular weight is 383 g/mol. The molecule has 1 unspecified atom stereocenters. The van der Waals surface area contributed by atoms with Gasteiger partial charge in [-0.2, -0.15) is 5.10 Å². The van der Waals surface area contributed by atoms with Crippen molar-refractivity contribution in [2.24, 2.45) is 0 Å². The third-order valence-electron chi connectivity index (χ3n) is 4.62. The first-order chi connectivity index (χ1) is 12.9. The Labute approximate surface area is 164 Å². The molecule has 0 aliphatic rings. The van der Waals surface area contributed by atoms with Gasteiger partial charge in [0.25, 0.3) is 0 Å². The monoisotopic (exact) mass is 382 g/mol. The lowest BCUT2D eigenvalue weighted by atomic mass is 10.0. The fourth-order valence-corrected chi connectivity index (χ4v) is 3.30. The van der Waals surface area contributed by atoms with Gasteiger partial charge in [-0.3, -0.25) is 4.79 Å². The molecule has 0 bridgehead atoms. The summed E-state index contributed by atoms with van der Waals surface area (Å²) in [5, 5.41) is 5.49. The number of hydrogen-bond donors (Lipinski definition) is 0. The van der Waals surface area contributed by atoms with Gasteiger partial charge < -0.3 is 4.74 Å². The second-order valence-corrected chi connectivity index (χ2v) is 6.98. The Balaban J connectivity index is 2.18. The minimum absolute atomic E-state index is 0.139. The van der Waals surface area contributed by atoms with E-state index in [4.69, 9.17) is 21.4 Å². The van der Waals surface area contributed by atoms with E-state index in [1.165, 1.54) is 6.92 Å². The molecule has 5 heteroatoms. The molecule has 1 aromatic heterocycles. The molecule has 0 fully saturated rings. The van der Waals surface area contributed by atoms with E-state index in [-0.39, 0.29) is 12.0 Å². The van der Waals surface area contributed by atoms with Gasteiger partial charge in [-0.25, -0.2) is 4.68 Å². The van der Waals surface area contributed by atoms with Crippen molar-refractivity contribution < 1.29 is 9.53 Å². The number of rotatable bonds is 5. The van der Waals surface area contributed by atoms with Crippen molar-refractivity contribution in [3.05, 3.63) is 70.4 Å². The molecule has 27 heavy (non-hydrogen) atoms. The van der Waals surface area contributed by atoms with Gasteiger partial charge in [-0.1, -0.05) is 61.0 Å². The molecule has 0 saturated carbocycles. The summed E-state index contributed by atoms with van der Waals surface area (Å²) in [6, 6.07) is 15.7. The molecule has 1 heterocycles. The van der Waals surface area contributed by atoms with Gasteiger partial charge in [-0.15, -0.1) is 0 Å². The lowest BCUT2D eigenvalue weighted by Crippen LogP contribution is -2.14. The summed E-state index contributed by atoms with van der Waals surface area (Å²) in [4.78, 5) is 11.8. The number of aromatic nitrogens is 2. The molecule has 0 aliphatic heterocycles. The van der Waals surface area contributed by atoms with Crippen LogP contribution in [0.2, 0.25) is 5.02 Å². The maximum absolute atomic E-state index is 11.8. The van der Waals surface area contributed by atoms with E-state index in [0.717, 1.165) is 34.4 Å². The van der Waals surface area contributed by atoms with Gasteiger partial charge in [-0.05, 0) is 43.0 Å². The third kappa shape index (κ3) is 3.91. The van der Waals surface area contributed by atoms with Crippen molar-refractivity contribution >= 4 is 17.6 Å². The molecule has 0 N–H and O–H groups in total. The van der Waals surface area contributed by atoms with Crippen LogP contribution in [0.1, 0.15) is 43.6 Å². The van der Waals surface area contributed by atoms with Gasteiger partial charge in [0.05, 0.1) is 17.3 Å². The van der Waals surface area contributed by atoms with Gasteiger partial charge in [0, 0.05) is 11.9 Å². The maximum atomic E-state index is 11.8. The summed E-state index contributed by atoms with van der Waals surface area (Å²) < 4.78 is 7.42. The summed E-state index contributed by atoms with van der Waals surface area (Å²) in [7, 11) is 0. The van der Waals surface area contributed by atoms with Crippen LogP contribution < -0.4 is 4.74 Å². The number of esters is 1. The zero-order chi connectivity index (χ0) is 19.6. The smallest absolute Gasteiger partial charge is 0.309 e. The number of hydrogen-bond acceptors (Lipinski definition) is 3. The first-order valence-electron chi connectivity index (χ1n) is 9.03. The number of aryl methyl sites for hydroxylation is 2. The number of benzene rings is 2. The van der Waals surface area contributed by atoms with E-state index in [1.807, 2.05) is 69.3 Å². The highest BCUT2D eigenvalue weighted by atomic mass is 35.5. The minimum Gasteiger partial charge on any atom is -0.407 e. The minimum atomic E-state index is -0.370. The number of nitrogens with zero attached hydrogens (tertiary/aromatic N) is 2. The van der Waals surface area contributed by atoms with Crippen molar-refractivity contribution in [2.45, 2.75) is 40.2 Å². The molecule has 4 nitrogen and oxygen atoms in total. The van der Waals surface area contributed by atoms with E-state index in [2.05, 4.69) is 0 Å². The van der Waals surface area contributed by atoms with Crippen LogP contribution in [-0.2, 0) is 11.2 Å². The summed E-state index contributed by atoms with van der Waals surface area (Å²) in [5.74, 6) is 0.0971. The Morgan fingerprint density at radius 2 is 1.93 bits per heavy atom. The van der Waals surface area contributed by atoms with E-state index in [9.17, 15) is 4.79 Å². The predicted molar refractivity (Wildman–Crippen MR) is 108 cm³/mol. The summed E-state index contributed by atoms with van der Waals surface area (Å²) in [6.45, 7) is 7.45. The quantitative estimate of drug-likeness (QED) is 0.539. The SMILES string of the molecule is CCc1nn(C(C)c2ccc(C)c(Cl)c2)c(OC(C)=O)c1-c1ccccc1. The van der Waals surface area contributed by atoms with Crippen molar-refractivity contribution in [3.8, 4) is 17.0 Å². The van der Waals surface area contributed by atoms with Crippen LogP contribution in [0.5, 0.6) is 5.88 Å². The Morgan fingerprint density at radius 1 is 1.22 bits per heavy atom. The van der Waals surface area contributed by atoms with Crippen molar-refractivity contribution in [3.63, 3.8) is 0 Å². The molecule has 140 valence electrons. The van der Waals surface area contributed by atoms with Gasteiger partial charge in [0.1, 0.15) is 0 Å². The molecule has 1 atom stereocenters. The van der Waals surface area contributed by atoms with E-state index < -0.39 is 0 Å². The van der Waals surface area contributed by atoms with Crippen molar-refractivity contribution in [2.75, 3.05) is 0 Å². The fraction of sp³-hybridized carbons (Fsp3) is 0.273. The lowest BCUT2D eigenvalue weighted by Gasteiger charge is -2.17. The highest BCUT2D eigenvalue weighted by molar-refractivity contribution is 6.31. The number of halogens is 1. The van der Waals surface area contributed by atoms with Gasteiger partial charge in [0.15, 0.2) is 0 Å². The molecule has 3 rings (SSSR count). The molecule has 0 saturated heterocycles. The van der Waals surface area contributed by atoms with Gasteiger partial charge >= 0.3 is 5.97 Å². The van der Waals surface area contributed by atoms with Crippen LogP contribution >= 0.6 is 11.6 Å². The van der Waals surface area contributed by atoms with Gasteiger partial charge in [0.2, 0.25) is 5.88 Å². The maximum Gasteiger partial charge on any atom is 0.309 e. The Kier molecular flexibility index (Phi) is 5.66. The first-order valence-corrected chi connectivity index (χ1v) is 9.41. The summed E-state index contributed by atoms with van der Waals surface area (Å²) in [5.41, 5.74) is 4.75. The Bertz CT molecular complexity index is 964. The normalized spacial score (nSPS) is 12.0. The highest BCUT2D eigenvalue weighted by Gasteiger charge is 2.25. The van der Waals surface area contributed by atoms with Crippen molar-refractivity contribution in [1.29, 1.82) is 0 Å². The molecule has 0 amide bonds. The fourth-order valence-electron chi connectivity index (χ4n) is 3.11. The van der Waals surface area contributed by atoms with Crippen LogP contribution in [0.15, 0.2) is 48.5 Å². The third-order valence-corrected chi connectivity index (χ3v) is 5.03. The zero-order valence-electron chi connectivity index (χ0n) is 16.0. The molecule has 0 spiro atoms. The zero-order valence-corrected chi connectivity index (χ0v) is 16.7. The number of carbonyl (C=O) groups is 1. The van der Waals surface area contributed by atoms with E-state index in [0.29, 0.717) is 10.9 Å². The van der Waals surface area contributed by atoms with Crippen LogP contribution in [0.4, 0.5) is 0 Å². The first kappa shape index (κ1) is 19.2. The number of carbonyl (C=O) groups excluding carboxylic acids is 1. The molecular formula is C22H23ClN2O2. The second-order valence-electron chi connectivity index (χ2n) is 6.57. The summed E-state index contributed by atoms with van der Waals surface area (Å²) in [6.07, 6.45) is 0.729.